The van der Waals surface area contributed by atoms with Crippen LogP contribution in [0.3, 0.4) is 0 Å². The van der Waals surface area contributed by atoms with Gasteiger partial charge in [-0.05, 0) is 17.7 Å². The van der Waals surface area contributed by atoms with Gasteiger partial charge < -0.3 is 5.32 Å². The minimum atomic E-state index is -0.480. The Labute approximate surface area is 125 Å². The van der Waals surface area contributed by atoms with Crippen LogP contribution in [0.25, 0.3) is 0 Å². The van der Waals surface area contributed by atoms with Crippen LogP contribution < -0.4 is 10.9 Å². The molecule has 0 fully saturated rings. The zero-order chi connectivity index (χ0) is 15.7. The molecule has 0 aliphatic carbocycles. The average Bonchev–Trinajstić information content (AvgIpc) is 3.00. The second-order valence-electron chi connectivity index (χ2n) is 5.03. The fourth-order valence-corrected chi connectivity index (χ4v) is 2.58. The average molecular weight is 296 g/mol. The smallest absolute Gasteiger partial charge is 0.310 e. The first-order valence-electron chi connectivity index (χ1n) is 6.74. The van der Waals surface area contributed by atoms with E-state index in [0.29, 0.717) is 30.6 Å². The third-order valence-electron chi connectivity index (χ3n) is 3.65. The molecule has 1 aromatic heterocycles. The third-order valence-corrected chi connectivity index (χ3v) is 3.65. The zero-order valence-corrected chi connectivity index (χ0v) is 11.6. The van der Waals surface area contributed by atoms with Crippen molar-refractivity contribution in [3.05, 3.63) is 67.5 Å². The molecule has 1 N–H and O–H groups in total. The normalized spacial score (nSPS) is 12.3. The van der Waals surface area contributed by atoms with Gasteiger partial charge in [0, 0.05) is 31.1 Å². The zero-order valence-electron chi connectivity index (χ0n) is 11.6. The lowest BCUT2D eigenvalue weighted by atomic mass is 10.0. The quantitative estimate of drug-likeness (QED) is 0.685. The predicted octanol–water partition coefficient (Wildman–Crippen LogP) is 1.64. The monoisotopic (exact) mass is 296 g/mol. The lowest BCUT2D eigenvalue weighted by molar-refractivity contribution is -0.384. The van der Waals surface area contributed by atoms with Crippen LogP contribution in [-0.2, 0) is 13.0 Å². The molecule has 7 nitrogen and oxygen atoms in total. The van der Waals surface area contributed by atoms with Crippen molar-refractivity contribution in [3.63, 3.8) is 0 Å². The Morgan fingerprint density at radius 1 is 1.36 bits per heavy atom. The molecule has 7 heteroatoms. The van der Waals surface area contributed by atoms with Crippen molar-refractivity contribution in [3.8, 4) is 6.07 Å². The topological polar surface area (TPSA) is 101 Å². The number of pyridine rings is 1. The maximum absolute atomic E-state index is 12.4. The second-order valence-corrected chi connectivity index (χ2v) is 5.03. The van der Waals surface area contributed by atoms with Crippen LogP contribution in [0.1, 0.15) is 16.7 Å². The van der Waals surface area contributed by atoms with Gasteiger partial charge in [-0.25, -0.2) is 0 Å². The molecule has 0 spiro atoms. The fraction of sp³-hybridized carbons (Fsp3) is 0.200. The maximum atomic E-state index is 12.4. The highest BCUT2D eigenvalue weighted by Gasteiger charge is 2.25. The lowest BCUT2D eigenvalue weighted by Gasteiger charge is -2.07. The molecule has 0 atom stereocenters. The van der Waals surface area contributed by atoms with Gasteiger partial charge in [0.05, 0.1) is 16.6 Å². The van der Waals surface area contributed by atoms with Gasteiger partial charge in [0.1, 0.15) is 0 Å². The number of aromatic nitrogens is 1. The molecule has 1 aromatic carbocycles. The molecule has 2 heterocycles. The molecule has 0 radical (unpaired) electrons. The van der Waals surface area contributed by atoms with Crippen molar-refractivity contribution in [1.29, 1.82) is 5.26 Å². The summed E-state index contributed by atoms with van der Waals surface area (Å²) in [7, 11) is 0. The van der Waals surface area contributed by atoms with Crippen molar-refractivity contribution in [2.24, 2.45) is 0 Å². The number of nitrogens with zero attached hydrogens (tertiary/aromatic N) is 3. The predicted molar refractivity (Wildman–Crippen MR) is 79.8 cm³/mol. The van der Waals surface area contributed by atoms with Crippen LogP contribution in [-0.4, -0.2) is 16.0 Å². The summed E-state index contributed by atoms with van der Waals surface area (Å²) in [5.41, 5.74) is 1.45. The van der Waals surface area contributed by atoms with Crippen LogP contribution in [0.4, 0.5) is 11.5 Å². The van der Waals surface area contributed by atoms with Gasteiger partial charge in [0.2, 0.25) is 0 Å². The van der Waals surface area contributed by atoms with Gasteiger partial charge in [0.25, 0.3) is 5.56 Å². The van der Waals surface area contributed by atoms with E-state index in [-0.39, 0.29) is 17.1 Å². The minimum Gasteiger partial charge on any atom is -0.364 e. The van der Waals surface area contributed by atoms with Gasteiger partial charge in [0.15, 0.2) is 5.82 Å². The van der Waals surface area contributed by atoms with Gasteiger partial charge >= 0.3 is 5.69 Å². The molecule has 2 aromatic rings. The van der Waals surface area contributed by atoms with Crippen molar-refractivity contribution in [2.45, 2.75) is 13.0 Å². The van der Waals surface area contributed by atoms with E-state index in [4.69, 9.17) is 5.26 Å². The number of anilines is 1. The van der Waals surface area contributed by atoms with Crippen LogP contribution in [0.5, 0.6) is 0 Å². The summed E-state index contributed by atoms with van der Waals surface area (Å²) < 4.78 is 1.41. The van der Waals surface area contributed by atoms with Crippen LogP contribution >= 0.6 is 0 Å². The minimum absolute atomic E-state index is 0.0826. The fourth-order valence-electron chi connectivity index (χ4n) is 2.58. The van der Waals surface area contributed by atoms with Crippen LogP contribution in [0.2, 0.25) is 0 Å². The second kappa shape index (κ2) is 5.33. The molecule has 0 saturated heterocycles. The molecule has 0 unspecified atom stereocenters. The van der Waals surface area contributed by atoms with Gasteiger partial charge in [-0.1, -0.05) is 12.1 Å². The first kappa shape index (κ1) is 13.8. The Morgan fingerprint density at radius 3 is 2.73 bits per heavy atom. The summed E-state index contributed by atoms with van der Waals surface area (Å²) in [4.78, 5) is 23.1. The molecule has 3 rings (SSSR count). The van der Waals surface area contributed by atoms with Crippen molar-refractivity contribution >= 4 is 11.5 Å². The number of rotatable bonds is 3. The number of benzene rings is 1. The summed E-state index contributed by atoms with van der Waals surface area (Å²) in [6, 6.07) is 10.2. The molecule has 1 aliphatic rings. The number of nitriles is 1. The summed E-state index contributed by atoms with van der Waals surface area (Å²) in [6.07, 6.45) is 0.297. The number of fused-ring (bicyclic) bond motifs is 1. The summed E-state index contributed by atoms with van der Waals surface area (Å²) in [5.74, 6) is 0.276. The first-order chi connectivity index (χ1) is 10.6. The Bertz CT molecular complexity index is 847. The van der Waals surface area contributed by atoms with E-state index in [9.17, 15) is 14.9 Å². The maximum Gasteiger partial charge on any atom is 0.310 e. The summed E-state index contributed by atoms with van der Waals surface area (Å²) in [5, 5.41) is 22.8. The summed E-state index contributed by atoms with van der Waals surface area (Å²) >= 11 is 0. The summed E-state index contributed by atoms with van der Waals surface area (Å²) in [6.45, 7) is 0.937. The lowest BCUT2D eigenvalue weighted by Crippen LogP contribution is -2.23. The highest BCUT2D eigenvalue weighted by molar-refractivity contribution is 5.59. The first-order valence-corrected chi connectivity index (χ1v) is 6.74. The number of hydrogen-bond donors (Lipinski definition) is 1. The van der Waals surface area contributed by atoms with E-state index in [1.54, 1.807) is 24.3 Å². The van der Waals surface area contributed by atoms with Crippen molar-refractivity contribution < 1.29 is 4.92 Å². The Kier molecular flexibility index (Phi) is 3.35. The number of nitro groups is 1. The molecular weight excluding hydrogens is 284 g/mol. The van der Waals surface area contributed by atoms with E-state index in [1.165, 1.54) is 10.6 Å². The van der Waals surface area contributed by atoms with Gasteiger partial charge in [-0.15, -0.1) is 0 Å². The Hall–Kier alpha value is -3.14. The number of nitrogens with one attached hydrogen (secondary N) is 1. The molecule has 110 valence electrons. The van der Waals surface area contributed by atoms with E-state index in [1.807, 2.05) is 6.07 Å². The molecule has 1 aliphatic heterocycles. The largest absolute Gasteiger partial charge is 0.364 e. The Balaban J connectivity index is 2.04. The van der Waals surface area contributed by atoms with Crippen LogP contribution in [0, 0.1) is 21.4 Å². The van der Waals surface area contributed by atoms with Gasteiger partial charge in [-0.3, -0.25) is 19.5 Å². The molecule has 0 amide bonds. The van der Waals surface area contributed by atoms with Gasteiger partial charge in [-0.2, -0.15) is 5.26 Å². The highest BCUT2D eigenvalue weighted by Crippen LogP contribution is 2.27. The SMILES string of the molecule is N#Cc1ccc(Cc2cc([N+](=O)[O-])c3n(c2=O)CCN3)cc1. The molecule has 22 heavy (non-hydrogen) atoms. The molecular formula is C15H12N4O3. The van der Waals surface area contributed by atoms with Crippen molar-refractivity contribution in [1.82, 2.24) is 4.57 Å². The highest BCUT2D eigenvalue weighted by atomic mass is 16.6. The standard InChI is InChI=1S/C15H12N4O3/c16-9-11-3-1-10(2-4-11)7-12-8-13(19(21)22)14-17-5-6-18(14)15(12)20/h1-4,8,17H,5-7H2. The van der Waals surface area contributed by atoms with E-state index < -0.39 is 4.92 Å². The van der Waals surface area contributed by atoms with E-state index >= 15 is 0 Å². The number of hydrogen-bond acceptors (Lipinski definition) is 5. The molecule has 0 bridgehead atoms. The van der Waals surface area contributed by atoms with Crippen LogP contribution in [0.15, 0.2) is 35.1 Å². The van der Waals surface area contributed by atoms with E-state index in [2.05, 4.69) is 5.32 Å². The van der Waals surface area contributed by atoms with E-state index in [0.717, 1.165) is 5.56 Å². The third kappa shape index (κ3) is 2.31. The molecule has 0 saturated carbocycles. The van der Waals surface area contributed by atoms with Crippen molar-refractivity contribution in [2.75, 3.05) is 11.9 Å². The Morgan fingerprint density at radius 2 is 2.09 bits per heavy atom.